The minimum absolute atomic E-state index is 0.0840. The number of carbonyl (C=O) groups is 1. The van der Waals surface area contributed by atoms with E-state index in [1.54, 1.807) is 0 Å². The third kappa shape index (κ3) is 3.32. The average Bonchev–Trinajstić information content (AvgIpc) is 2.36. The van der Waals surface area contributed by atoms with Gasteiger partial charge in [-0.15, -0.1) is 0 Å². The van der Waals surface area contributed by atoms with Gasteiger partial charge in [0.2, 0.25) is 5.91 Å². The van der Waals surface area contributed by atoms with Crippen LogP contribution in [0.2, 0.25) is 0 Å². The molecule has 6 heteroatoms. The number of carbonyl (C=O) groups excluding carboxylic acids is 1. The lowest BCUT2D eigenvalue weighted by atomic mass is 10.2. The highest BCUT2D eigenvalue weighted by molar-refractivity contribution is 5.76. The number of amides is 1. The smallest absolute Gasteiger partial charge is 0.331 e. The number of hydrogen-bond donors (Lipinski definition) is 1. The summed E-state index contributed by atoms with van der Waals surface area (Å²) >= 11 is 0. The predicted octanol–water partition coefficient (Wildman–Crippen LogP) is -0.148. The van der Waals surface area contributed by atoms with E-state index in [9.17, 15) is 14.4 Å². The summed E-state index contributed by atoms with van der Waals surface area (Å²) in [7, 11) is 1.54. The molecular weight excluding hydrogens is 234 g/mol. The second-order valence-electron chi connectivity index (χ2n) is 4.21. The van der Waals surface area contributed by atoms with Crippen molar-refractivity contribution in [2.45, 2.75) is 39.3 Å². The Morgan fingerprint density at radius 2 is 1.94 bits per heavy atom. The van der Waals surface area contributed by atoms with Crippen LogP contribution < -0.4 is 16.6 Å². The molecule has 0 fully saturated rings. The van der Waals surface area contributed by atoms with Gasteiger partial charge in [-0.2, -0.15) is 0 Å². The molecule has 1 aromatic heterocycles. The molecule has 0 aliphatic carbocycles. The van der Waals surface area contributed by atoms with Crippen LogP contribution in [0.3, 0.4) is 0 Å². The Labute approximate surface area is 105 Å². The fourth-order valence-electron chi connectivity index (χ4n) is 1.67. The van der Waals surface area contributed by atoms with Crippen LogP contribution in [-0.2, 0) is 18.4 Å². The summed E-state index contributed by atoms with van der Waals surface area (Å²) in [6.07, 6.45) is 3.04. The molecule has 1 heterocycles. The van der Waals surface area contributed by atoms with Gasteiger partial charge in [-0.05, 0) is 12.8 Å². The molecule has 0 radical (unpaired) electrons. The van der Waals surface area contributed by atoms with Crippen molar-refractivity contribution in [1.29, 1.82) is 0 Å². The van der Waals surface area contributed by atoms with Crippen molar-refractivity contribution in [3.63, 3.8) is 0 Å². The minimum atomic E-state index is -0.484. The highest BCUT2D eigenvalue weighted by atomic mass is 16.2. The van der Waals surface area contributed by atoms with Crippen molar-refractivity contribution >= 4 is 5.91 Å². The van der Waals surface area contributed by atoms with Gasteiger partial charge in [0, 0.05) is 25.4 Å². The van der Waals surface area contributed by atoms with Crippen LogP contribution in [0.4, 0.5) is 0 Å². The third-order valence-electron chi connectivity index (χ3n) is 2.89. The lowest BCUT2D eigenvalue weighted by Gasteiger charge is -2.15. The first-order valence-corrected chi connectivity index (χ1v) is 6.05. The molecular formula is C12H19N3O3. The van der Waals surface area contributed by atoms with E-state index >= 15 is 0 Å². The number of rotatable bonds is 5. The summed E-state index contributed by atoms with van der Waals surface area (Å²) in [4.78, 5) is 35.0. The monoisotopic (exact) mass is 253 g/mol. The molecule has 0 spiro atoms. The van der Waals surface area contributed by atoms with Gasteiger partial charge in [0.05, 0.1) is 0 Å². The van der Waals surface area contributed by atoms with Gasteiger partial charge in [0.25, 0.3) is 5.56 Å². The van der Waals surface area contributed by atoms with Crippen molar-refractivity contribution in [3.8, 4) is 0 Å². The molecule has 0 saturated heterocycles. The van der Waals surface area contributed by atoms with E-state index in [4.69, 9.17) is 0 Å². The van der Waals surface area contributed by atoms with E-state index in [0.29, 0.717) is 0 Å². The molecule has 0 aliphatic heterocycles. The van der Waals surface area contributed by atoms with Crippen molar-refractivity contribution in [2.24, 2.45) is 7.05 Å². The molecule has 100 valence electrons. The first-order chi connectivity index (χ1) is 8.49. The number of hydrogen-bond acceptors (Lipinski definition) is 3. The summed E-state index contributed by atoms with van der Waals surface area (Å²) < 4.78 is 2.20. The van der Waals surface area contributed by atoms with E-state index in [2.05, 4.69) is 5.32 Å². The first kappa shape index (κ1) is 14.2. The van der Waals surface area contributed by atoms with Gasteiger partial charge in [0.1, 0.15) is 6.54 Å². The quantitative estimate of drug-likeness (QED) is 0.793. The Morgan fingerprint density at radius 3 is 2.50 bits per heavy atom. The molecule has 0 aliphatic rings. The van der Waals surface area contributed by atoms with E-state index in [1.165, 1.54) is 23.9 Å². The zero-order valence-corrected chi connectivity index (χ0v) is 11.0. The van der Waals surface area contributed by atoms with Crippen molar-refractivity contribution in [3.05, 3.63) is 33.1 Å². The van der Waals surface area contributed by atoms with Gasteiger partial charge in [-0.3, -0.25) is 14.2 Å². The van der Waals surface area contributed by atoms with E-state index in [1.807, 2.05) is 13.8 Å². The number of aryl methyl sites for hydroxylation is 1. The highest BCUT2D eigenvalue weighted by Gasteiger charge is 2.11. The number of aromatic nitrogens is 2. The number of nitrogens with zero attached hydrogens (tertiary/aromatic N) is 2. The predicted molar refractivity (Wildman–Crippen MR) is 68.5 cm³/mol. The number of nitrogens with one attached hydrogen (secondary N) is 1. The van der Waals surface area contributed by atoms with Crippen LogP contribution in [0.25, 0.3) is 0 Å². The Balaban J connectivity index is 2.86. The Morgan fingerprint density at radius 1 is 1.33 bits per heavy atom. The molecule has 0 bridgehead atoms. The van der Waals surface area contributed by atoms with Gasteiger partial charge < -0.3 is 9.88 Å². The highest BCUT2D eigenvalue weighted by Crippen LogP contribution is 1.95. The summed E-state index contributed by atoms with van der Waals surface area (Å²) in [5.74, 6) is -0.311. The normalized spacial score (nSPS) is 10.7. The summed E-state index contributed by atoms with van der Waals surface area (Å²) in [5, 5.41) is 2.79. The molecule has 0 saturated carbocycles. The van der Waals surface area contributed by atoms with E-state index in [0.717, 1.165) is 17.4 Å². The lowest BCUT2D eigenvalue weighted by molar-refractivity contribution is -0.122. The van der Waals surface area contributed by atoms with Gasteiger partial charge >= 0.3 is 5.69 Å². The van der Waals surface area contributed by atoms with Crippen LogP contribution in [0.5, 0.6) is 0 Å². The molecule has 1 aromatic rings. The maximum absolute atomic E-state index is 11.7. The van der Waals surface area contributed by atoms with Crippen LogP contribution in [-0.4, -0.2) is 21.1 Å². The van der Waals surface area contributed by atoms with Crippen molar-refractivity contribution in [2.75, 3.05) is 0 Å². The molecule has 0 atom stereocenters. The lowest BCUT2D eigenvalue weighted by Crippen LogP contribution is -2.44. The second-order valence-corrected chi connectivity index (χ2v) is 4.21. The summed E-state index contributed by atoms with van der Waals surface area (Å²) in [6, 6.07) is 1.35. The van der Waals surface area contributed by atoms with Gasteiger partial charge in [-0.25, -0.2) is 4.79 Å². The molecule has 0 aromatic carbocycles. The fraction of sp³-hybridized carbons (Fsp3) is 0.583. The van der Waals surface area contributed by atoms with Crippen LogP contribution in [0, 0.1) is 0 Å². The van der Waals surface area contributed by atoms with E-state index in [-0.39, 0.29) is 18.5 Å². The Bertz CT molecular complexity index is 526. The molecule has 1 rings (SSSR count). The van der Waals surface area contributed by atoms with Crippen LogP contribution in [0.15, 0.2) is 21.9 Å². The van der Waals surface area contributed by atoms with Gasteiger partial charge in [-0.1, -0.05) is 13.8 Å². The van der Waals surface area contributed by atoms with Crippen molar-refractivity contribution in [1.82, 2.24) is 14.5 Å². The molecule has 0 unspecified atom stereocenters. The maximum Gasteiger partial charge on any atom is 0.331 e. The zero-order chi connectivity index (χ0) is 13.7. The second kappa shape index (κ2) is 6.18. The third-order valence-corrected chi connectivity index (χ3v) is 2.89. The van der Waals surface area contributed by atoms with Crippen LogP contribution >= 0.6 is 0 Å². The molecule has 1 amide bonds. The SMILES string of the molecule is CCC(CC)NC(=O)Cn1c(=O)ccn(C)c1=O. The largest absolute Gasteiger partial charge is 0.352 e. The molecule has 18 heavy (non-hydrogen) atoms. The molecule has 1 N–H and O–H groups in total. The topological polar surface area (TPSA) is 73.1 Å². The van der Waals surface area contributed by atoms with Gasteiger partial charge in [0.15, 0.2) is 0 Å². The summed E-state index contributed by atoms with van der Waals surface area (Å²) in [5.41, 5.74) is -0.944. The first-order valence-electron chi connectivity index (χ1n) is 6.05. The van der Waals surface area contributed by atoms with Crippen LogP contribution in [0.1, 0.15) is 26.7 Å². The minimum Gasteiger partial charge on any atom is -0.352 e. The molecule has 6 nitrogen and oxygen atoms in total. The van der Waals surface area contributed by atoms with Crippen molar-refractivity contribution < 1.29 is 4.79 Å². The standard InChI is InChI=1S/C12H19N3O3/c1-4-9(5-2)13-10(16)8-15-11(17)6-7-14(3)12(15)18/h6-7,9H,4-5,8H2,1-3H3,(H,13,16). The summed E-state index contributed by atoms with van der Waals surface area (Å²) in [6.45, 7) is 3.72. The van der Waals surface area contributed by atoms with E-state index < -0.39 is 11.2 Å². The average molecular weight is 253 g/mol. The Kier molecular flexibility index (Phi) is 4.88. The fourth-order valence-corrected chi connectivity index (χ4v) is 1.67. The maximum atomic E-state index is 11.7. The zero-order valence-electron chi connectivity index (χ0n) is 11.0. The Hall–Kier alpha value is -1.85.